The molecule has 2 aromatic carbocycles. The Kier molecular flexibility index (Phi) is 7.20. The molecule has 1 amide bonds. The number of carbonyl (C=O) groups is 1. The van der Waals surface area contributed by atoms with E-state index in [0.717, 1.165) is 21.7 Å². The quantitative estimate of drug-likeness (QED) is 0.681. The first-order valence-electron chi connectivity index (χ1n) is 9.07. The highest BCUT2D eigenvalue weighted by Gasteiger charge is 2.24. The minimum Gasteiger partial charge on any atom is -0.348 e. The lowest BCUT2D eigenvalue weighted by atomic mass is 10.0. The van der Waals surface area contributed by atoms with Gasteiger partial charge in [0.2, 0.25) is 15.9 Å². The Labute approximate surface area is 172 Å². The minimum absolute atomic E-state index is 0.127. The van der Waals surface area contributed by atoms with Crippen LogP contribution in [0.4, 0.5) is 0 Å². The lowest BCUT2D eigenvalue weighted by Gasteiger charge is -2.21. The Bertz CT molecular complexity index is 1060. The molecular formula is C20H26N2O5S2. The standard InChI is InChI=1S/C20H26N2O5S2/c1-5-19(16-8-12-17(13-9-16)28(4,24)25)21-20(23)14-22(3)29(26,27)18-10-6-15(2)7-11-18/h6-13,19H,5,14H2,1-4H3,(H,21,23)/t19-/m0/s1. The van der Waals surface area contributed by atoms with Crippen molar-refractivity contribution in [2.45, 2.75) is 36.1 Å². The normalized spacial score (nSPS) is 13.3. The number of likely N-dealkylation sites (N-methyl/N-ethyl adjacent to an activating group) is 1. The molecule has 0 bridgehead atoms. The number of amides is 1. The molecular weight excluding hydrogens is 412 g/mol. The number of aryl methyl sites for hydroxylation is 1. The summed E-state index contributed by atoms with van der Waals surface area (Å²) in [5.41, 5.74) is 1.69. The molecule has 0 saturated carbocycles. The van der Waals surface area contributed by atoms with Crippen LogP contribution in [0, 0.1) is 6.92 Å². The zero-order valence-electron chi connectivity index (χ0n) is 16.9. The maximum atomic E-state index is 12.6. The molecule has 7 nitrogen and oxygen atoms in total. The molecule has 0 aliphatic carbocycles. The fourth-order valence-electron chi connectivity index (χ4n) is 2.79. The number of nitrogens with zero attached hydrogens (tertiary/aromatic N) is 1. The molecule has 0 radical (unpaired) electrons. The van der Waals surface area contributed by atoms with Gasteiger partial charge in [0.05, 0.1) is 22.4 Å². The molecule has 0 fully saturated rings. The minimum atomic E-state index is -3.77. The summed E-state index contributed by atoms with van der Waals surface area (Å²) < 4.78 is 49.4. The molecule has 2 aromatic rings. The highest BCUT2D eigenvalue weighted by molar-refractivity contribution is 7.90. The van der Waals surface area contributed by atoms with Gasteiger partial charge in [-0.25, -0.2) is 16.8 Å². The van der Waals surface area contributed by atoms with Gasteiger partial charge in [0, 0.05) is 13.3 Å². The molecule has 0 saturated heterocycles. The summed E-state index contributed by atoms with van der Waals surface area (Å²) in [6.45, 7) is 3.41. The Balaban J connectivity index is 2.08. The van der Waals surface area contributed by atoms with Crippen LogP contribution in [0.15, 0.2) is 58.3 Å². The first kappa shape index (κ1) is 23.1. The van der Waals surface area contributed by atoms with Gasteiger partial charge >= 0.3 is 0 Å². The molecule has 9 heteroatoms. The van der Waals surface area contributed by atoms with Gasteiger partial charge in [-0.3, -0.25) is 4.79 Å². The second kappa shape index (κ2) is 9.06. The Morgan fingerprint density at radius 3 is 1.97 bits per heavy atom. The predicted octanol–water partition coefficient (Wildman–Crippen LogP) is 2.29. The average Bonchev–Trinajstić information content (AvgIpc) is 2.65. The van der Waals surface area contributed by atoms with Gasteiger partial charge in [-0.2, -0.15) is 4.31 Å². The van der Waals surface area contributed by atoms with E-state index in [1.807, 2.05) is 13.8 Å². The van der Waals surface area contributed by atoms with Crippen molar-refractivity contribution < 1.29 is 21.6 Å². The number of hydrogen-bond donors (Lipinski definition) is 1. The number of rotatable bonds is 8. The molecule has 158 valence electrons. The van der Waals surface area contributed by atoms with Crippen molar-refractivity contribution in [1.29, 1.82) is 0 Å². The van der Waals surface area contributed by atoms with Crippen LogP contribution < -0.4 is 5.32 Å². The van der Waals surface area contributed by atoms with E-state index in [1.54, 1.807) is 24.3 Å². The number of nitrogens with one attached hydrogen (secondary N) is 1. The Morgan fingerprint density at radius 2 is 1.48 bits per heavy atom. The van der Waals surface area contributed by atoms with Crippen molar-refractivity contribution in [1.82, 2.24) is 9.62 Å². The molecule has 29 heavy (non-hydrogen) atoms. The number of hydrogen-bond acceptors (Lipinski definition) is 5. The maximum absolute atomic E-state index is 12.6. The third-order valence-electron chi connectivity index (χ3n) is 4.55. The van der Waals surface area contributed by atoms with E-state index in [1.165, 1.54) is 31.3 Å². The molecule has 0 heterocycles. The summed E-state index contributed by atoms with van der Waals surface area (Å²) in [4.78, 5) is 12.8. The third-order valence-corrected chi connectivity index (χ3v) is 7.50. The SMILES string of the molecule is CC[C@H](NC(=O)CN(C)S(=O)(=O)c1ccc(C)cc1)c1ccc(S(C)(=O)=O)cc1. The van der Waals surface area contributed by atoms with Crippen LogP contribution in [-0.2, 0) is 24.7 Å². The van der Waals surface area contributed by atoms with E-state index < -0.39 is 25.8 Å². The van der Waals surface area contributed by atoms with Gasteiger partial charge in [-0.15, -0.1) is 0 Å². The van der Waals surface area contributed by atoms with Crippen LogP contribution in [0.3, 0.4) is 0 Å². The Hall–Kier alpha value is -2.23. The topological polar surface area (TPSA) is 101 Å². The monoisotopic (exact) mass is 438 g/mol. The fourth-order valence-corrected chi connectivity index (χ4v) is 4.54. The predicted molar refractivity (Wildman–Crippen MR) is 112 cm³/mol. The summed E-state index contributed by atoms with van der Waals surface area (Å²) in [5.74, 6) is -0.442. The van der Waals surface area contributed by atoms with Crippen LogP contribution in [0.2, 0.25) is 0 Å². The summed E-state index contributed by atoms with van der Waals surface area (Å²) in [6.07, 6.45) is 1.70. The van der Waals surface area contributed by atoms with Crippen molar-refractivity contribution in [3.8, 4) is 0 Å². The van der Waals surface area contributed by atoms with Crippen LogP contribution >= 0.6 is 0 Å². The molecule has 1 N–H and O–H groups in total. The number of sulfonamides is 1. The summed E-state index contributed by atoms with van der Waals surface area (Å²) in [6, 6.07) is 12.4. The van der Waals surface area contributed by atoms with Gasteiger partial charge < -0.3 is 5.32 Å². The average molecular weight is 439 g/mol. The lowest BCUT2D eigenvalue weighted by molar-refractivity contribution is -0.121. The number of sulfone groups is 1. The van der Waals surface area contributed by atoms with Crippen molar-refractivity contribution in [2.24, 2.45) is 0 Å². The van der Waals surface area contributed by atoms with Crippen molar-refractivity contribution in [3.63, 3.8) is 0 Å². The molecule has 2 rings (SSSR count). The van der Waals surface area contributed by atoms with E-state index >= 15 is 0 Å². The van der Waals surface area contributed by atoms with E-state index in [9.17, 15) is 21.6 Å². The van der Waals surface area contributed by atoms with Gasteiger partial charge in [0.1, 0.15) is 0 Å². The molecule has 0 spiro atoms. The highest BCUT2D eigenvalue weighted by Crippen LogP contribution is 2.20. The van der Waals surface area contributed by atoms with Crippen LogP contribution in [0.5, 0.6) is 0 Å². The lowest BCUT2D eigenvalue weighted by Crippen LogP contribution is -2.39. The van der Waals surface area contributed by atoms with Crippen molar-refractivity contribution >= 4 is 25.8 Å². The molecule has 0 aliphatic rings. The van der Waals surface area contributed by atoms with Gasteiger partial charge in [-0.05, 0) is 43.2 Å². The van der Waals surface area contributed by atoms with Crippen LogP contribution in [0.25, 0.3) is 0 Å². The maximum Gasteiger partial charge on any atom is 0.243 e. The second-order valence-corrected chi connectivity index (χ2v) is 11.0. The fraction of sp³-hybridized carbons (Fsp3) is 0.350. The molecule has 0 aliphatic heterocycles. The Morgan fingerprint density at radius 1 is 0.966 bits per heavy atom. The van der Waals surface area contributed by atoms with Crippen molar-refractivity contribution in [2.75, 3.05) is 19.8 Å². The zero-order chi connectivity index (χ0) is 21.8. The molecule has 0 aromatic heterocycles. The first-order valence-corrected chi connectivity index (χ1v) is 12.4. The van der Waals surface area contributed by atoms with Gasteiger partial charge in [0.25, 0.3) is 0 Å². The van der Waals surface area contributed by atoms with E-state index in [0.29, 0.717) is 6.42 Å². The zero-order valence-corrected chi connectivity index (χ0v) is 18.5. The summed E-state index contributed by atoms with van der Waals surface area (Å²) >= 11 is 0. The second-order valence-electron chi connectivity index (χ2n) is 6.94. The largest absolute Gasteiger partial charge is 0.348 e. The van der Waals surface area contributed by atoms with E-state index in [-0.39, 0.29) is 22.4 Å². The van der Waals surface area contributed by atoms with E-state index in [4.69, 9.17) is 0 Å². The molecule has 0 unspecified atom stereocenters. The van der Waals surface area contributed by atoms with Crippen molar-refractivity contribution in [3.05, 3.63) is 59.7 Å². The first-order chi connectivity index (χ1) is 13.4. The molecule has 1 atom stereocenters. The number of carbonyl (C=O) groups excluding carboxylic acids is 1. The smallest absolute Gasteiger partial charge is 0.243 e. The third kappa shape index (κ3) is 5.88. The van der Waals surface area contributed by atoms with Gasteiger partial charge in [-0.1, -0.05) is 36.8 Å². The van der Waals surface area contributed by atoms with Crippen LogP contribution in [0.1, 0.15) is 30.5 Å². The van der Waals surface area contributed by atoms with Crippen LogP contribution in [-0.4, -0.2) is 46.9 Å². The van der Waals surface area contributed by atoms with Gasteiger partial charge in [0.15, 0.2) is 9.84 Å². The summed E-state index contributed by atoms with van der Waals surface area (Å²) in [7, 11) is -5.71. The summed E-state index contributed by atoms with van der Waals surface area (Å²) in [5, 5.41) is 2.81. The highest BCUT2D eigenvalue weighted by atomic mass is 32.2. The number of benzene rings is 2. The van der Waals surface area contributed by atoms with E-state index in [2.05, 4.69) is 5.32 Å².